The zero-order valence-electron chi connectivity index (χ0n) is 11.9. The fraction of sp³-hybridized carbons (Fsp3) is 0.500. The molecule has 0 saturated carbocycles. The number of carboxylic acids is 1. The predicted octanol–water partition coefficient (Wildman–Crippen LogP) is 2.05. The number of likely N-dealkylation sites (tertiary alicyclic amines) is 1. The summed E-state index contributed by atoms with van der Waals surface area (Å²) in [6.45, 7) is 6.03. The summed E-state index contributed by atoms with van der Waals surface area (Å²) < 4.78 is 0. The Labute approximate surface area is 122 Å². The van der Waals surface area contributed by atoms with E-state index in [1.54, 1.807) is 6.07 Å². The number of hydrogen-bond acceptors (Lipinski definition) is 5. The van der Waals surface area contributed by atoms with Crippen molar-refractivity contribution in [3.05, 3.63) is 33.9 Å². The van der Waals surface area contributed by atoms with Crippen LogP contribution in [0.3, 0.4) is 0 Å². The Morgan fingerprint density at radius 2 is 2.33 bits per heavy atom. The second-order valence-electron chi connectivity index (χ2n) is 5.22. The molecule has 0 aromatic heterocycles. The first-order valence-corrected chi connectivity index (χ1v) is 6.99. The Hall–Kier alpha value is -2.15. The summed E-state index contributed by atoms with van der Waals surface area (Å²) in [7, 11) is 0. The molecule has 2 rings (SSSR count). The summed E-state index contributed by atoms with van der Waals surface area (Å²) in [4.78, 5) is 23.6. The van der Waals surface area contributed by atoms with Crippen molar-refractivity contribution in [1.82, 2.24) is 4.90 Å². The number of carbonyl (C=O) groups is 1. The van der Waals surface area contributed by atoms with Crippen molar-refractivity contribution in [1.29, 1.82) is 0 Å². The van der Waals surface area contributed by atoms with Gasteiger partial charge in [0.05, 0.1) is 4.92 Å². The summed E-state index contributed by atoms with van der Waals surface area (Å²) in [6, 6.07) is 4.11. The lowest BCUT2D eigenvalue weighted by Gasteiger charge is -2.14. The Morgan fingerprint density at radius 3 is 2.90 bits per heavy atom. The van der Waals surface area contributed by atoms with Crippen LogP contribution in [0.1, 0.15) is 23.7 Å². The fourth-order valence-corrected chi connectivity index (χ4v) is 2.61. The number of hydrogen-bond donors (Lipinski definition) is 2. The van der Waals surface area contributed by atoms with Crippen molar-refractivity contribution in [2.75, 3.05) is 31.5 Å². The molecule has 2 N–H and O–H groups in total. The Kier molecular flexibility index (Phi) is 4.74. The van der Waals surface area contributed by atoms with Gasteiger partial charge in [0, 0.05) is 24.8 Å². The standard InChI is InChI=1S/C14H19N3O4/c1-2-16-6-5-10(9-16)8-15-11-3-4-13(17(20)21)12(7-11)14(18)19/h3-4,7,10,15H,2,5-6,8-9H2,1H3,(H,18,19). The molecule has 1 heterocycles. The number of anilines is 1. The van der Waals surface area contributed by atoms with Crippen molar-refractivity contribution in [3.63, 3.8) is 0 Å². The number of aromatic carboxylic acids is 1. The van der Waals surface area contributed by atoms with Crippen molar-refractivity contribution in [2.45, 2.75) is 13.3 Å². The van der Waals surface area contributed by atoms with Crippen LogP contribution in [-0.2, 0) is 0 Å². The summed E-state index contributed by atoms with van der Waals surface area (Å²) in [5.74, 6) is -0.767. The van der Waals surface area contributed by atoms with Gasteiger partial charge in [0.15, 0.2) is 0 Å². The van der Waals surface area contributed by atoms with Gasteiger partial charge in [-0.1, -0.05) is 6.92 Å². The molecule has 1 aliphatic rings. The molecule has 21 heavy (non-hydrogen) atoms. The lowest BCUT2D eigenvalue weighted by Crippen LogP contribution is -2.22. The minimum atomic E-state index is -1.29. The quantitative estimate of drug-likeness (QED) is 0.615. The third-order valence-corrected chi connectivity index (χ3v) is 3.84. The lowest BCUT2D eigenvalue weighted by atomic mass is 10.1. The zero-order valence-corrected chi connectivity index (χ0v) is 11.9. The maximum atomic E-state index is 11.1. The summed E-state index contributed by atoms with van der Waals surface area (Å²) >= 11 is 0. The molecule has 0 bridgehead atoms. The summed E-state index contributed by atoms with van der Waals surface area (Å²) in [5.41, 5.74) is -0.0642. The number of nitrogens with one attached hydrogen (secondary N) is 1. The largest absolute Gasteiger partial charge is 0.477 e. The highest BCUT2D eigenvalue weighted by molar-refractivity contribution is 5.93. The molecule has 0 aliphatic carbocycles. The number of benzene rings is 1. The molecule has 0 spiro atoms. The molecule has 7 nitrogen and oxygen atoms in total. The molecule has 114 valence electrons. The van der Waals surface area contributed by atoms with Gasteiger partial charge in [-0.05, 0) is 37.6 Å². The van der Waals surface area contributed by atoms with Crippen LogP contribution in [0, 0.1) is 16.0 Å². The number of nitro groups is 1. The van der Waals surface area contributed by atoms with Crippen molar-refractivity contribution in [2.24, 2.45) is 5.92 Å². The van der Waals surface area contributed by atoms with Gasteiger partial charge in [-0.25, -0.2) is 4.79 Å². The maximum Gasteiger partial charge on any atom is 0.342 e. The molecule has 1 aromatic rings. The molecular formula is C14H19N3O4. The van der Waals surface area contributed by atoms with E-state index in [2.05, 4.69) is 17.1 Å². The van der Waals surface area contributed by atoms with Crippen LogP contribution in [0.4, 0.5) is 11.4 Å². The second-order valence-corrected chi connectivity index (χ2v) is 5.22. The van der Waals surface area contributed by atoms with Crippen LogP contribution in [0.25, 0.3) is 0 Å². The Morgan fingerprint density at radius 1 is 1.57 bits per heavy atom. The van der Waals surface area contributed by atoms with Crippen LogP contribution in [0.15, 0.2) is 18.2 Å². The first kappa shape index (κ1) is 15.2. The van der Waals surface area contributed by atoms with E-state index in [-0.39, 0.29) is 11.3 Å². The Balaban J connectivity index is 2.02. The van der Waals surface area contributed by atoms with Crippen LogP contribution in [0.2, 0.25) is 0 Å². The smallest absolute Gasteiger partial charge is 0.342 e. The molecule has 1 saturated heterocycles. The first-order valence-electron chi connectivity index (χ1n) is 6.99. The van der Waals surface area contributed by atoms with E-state index in [0.29, 0.717) is 11.6 Å². The van der Waals surface area contributed by atoms with Gasteiger partial charge in [-0.2, -0.15) is 0 Å². The molecule has 0 amide bonds. The van der Waals surface area contributed by atoms with Gasteiger partial charge in [0.1, 0.15) is 5.56 Å². The molecular weight excluding hydrogens is 274 g/mol. The highest BCUT2D eigenvalue weighted by Gasteiger charge is 2.22. The highest BCUT2D eigenvalue weighted by atomic mass is 16.6. The molecule has 1 aromatic carbocycles. The second kappa shape index (κ2) is 6.53. The van der Waals surface area contributed by atoms with E-state index in [1.807, 2.05) is 0 Å². The van der Waals surface area contributed by atoms with E-state index in [1.165, 1.54) is 12.1 Å². The minimum Gasteiger partial charge on any atom is -0.477 e. The summed E-state index contributed by atoms with van der Waals surface area (Å²) in [6.07, 6.45) is 1.11. The van der Waals surface area contributed by atoms with Gasteiger partial charge in [-0.15, -0.1) is 0 Å². The van der Waals surface area contributed by atoms with Gasteiger partial charge < -0.3 is 15.3 Å². The van der Waals surface area contributed by atoms with Crippen LogP contribution in [0.5, 0.6) is 0 Å². The van der Waals surface area contributed by atoms with E-state index in [9.17, 15) is 14.9 Å². The summed E-state index contributed by atoms with van der Waals surface area (Å²) in [5, 5.41) is 23.0. The van der Waals surface area contributed by atoms with Crippen LogP contribution < -0.4 is 5.32 Å². The van der Waals surface area contributed by atoms with Gasteiger partial charge in [0.25, 0.3) is 5.69 Å². The predicted molar refractivity (Wildman–Crippen MR) is 78.8 cm³/mol. The van der Waals surface area contributed by atoms with Crippen molar-refractivity contribution >= 4 is 17.3 Å². The van der Waals surface area contributed by atoms with E-state index in [4.69, 9.17) is 5.11 Å². The Bertz CT molecular complexity index is 547. The SMILES string of the molecule is CCN1CCC(CNc2ccc([N+](=O)[O-])c(C(=O)O)c2)C1. The normalized spacial score (nSPS) is 18.6. The van der Waals surface area contributed by atoms with Crippen molar-refractivity contribution < 1.29 is 14.8 Å². The van der Waals surface area contributed by atoms with E-state index < -0.39 is 10.9 Å². The molecule has 0 radical (unpaired) electrons. The number of nitrogens with zero attached hydrogens (tertiary/aromatic N) is 2. The maximum absolute atomic E-state index is 11.1. The lowest BCUT2D eigenvalue weighted by molar-refractivity contribution is -0.385. The fourth-order valence-electron chi connectivity index (χ4n) is 2.61. The minimum absolute atomic E-state index is 0.286. The number of rotatable bonds is 6. The monoisotopic (exact) mass is 293 g/mol. The molecule has 1 fully saturated rings. The number of nitro benzene ring substituents is 1. The van der Waals surface area contributed by atoms with Crippen LogP contribution in [-0.4, -0.2) is 47.1 Å². The average molecular weight is 293 g/mol. The molecule has 1 unspecified atom stereocenters. The van der Waals surface area contributed by atoms with Gasteiger partial charge in [-0.3, -0.25) is 10.1 Å². The third kappa shape index (κ3) is 3.69. The van der Waals surface area contributed by atoms with Crippen LogP contribution >= 0.6 is 0 Å². The van der Waals surface area contributed by atoms with Gasteiger partial charge in [0.2, 0.25) is 0 Å². The number of carboxylic acid groups (broad SMARTS) is 1. The van der Waals surface area contributed by atoms with E-state index >= 15 is 0 Å². The molecule has 7 heteroatoms. The van der Waals surface area contributed by atoms with Gasteiger partial charge >= 0.3 is 5.97 Å². The zero-order chi connectivity index (χ0) is 15.4. The third-order valence-electron chi connectivity index (χ3n) is 3.84. The first-order chi connectivity index (χ1) is 10.0. The van der Waals surface area contributed by atoms with Crippen molar-refractivity contribution in [3.8, 4) is 0 Å². The average Bonchev–Trinajstić information content (AvgIpc) is 2.92. The van der Waals surface area contributed by atoms with E-state index in [0.717, 1.165) is 32.6 Å². The highest BCUT2D eigenvalue weighted by Crippen LogP contribution is 2.23. The molecule has 1 atom stereocenters. The molecule has 1 aliphatic heterocycles. The topological polar surface area (TPSA) is 95.7 Å².